The van der Waals surface area contributed by atoms with Crippen LogP contribution in [0.2, 0.25) is 0 Å². The van der Waals surface area contributed by atoms with Crippen LogP contribution in [0.5, 0.6) is 0 Å². The number of nitrogens with zero attached hydrogens (tertiary/aromatic N) is 2. The van der Waals surface area contributed by atoms with Gasteiger partial charge in [0.05, 0.1) is 12.6 Å². The number of hydrogen-bond acceptors (Lipinski definition) is 4. The minimum absolute atomic E-state index is 0.230. The Morgan fingerprint density at radius 3 is 2.35 bits per heavy atom. The molecule has 0 aliphatic carbocycles. The van der Waals surface area contributed by atoms with E-state index in [1.165, 1.54) is 9.75 Å². The molecule has 1 atom stereocenters. The van der Waals surface area contributed by atoms with Gasteiger partial charge >= 0.3 is 0 Å². The first-order valence-corrected chi connectivity index (χ1v) is 7.20. The van der Waals surface area contributed by atoms with Gasteiger partial charge in [-0.05, 0) is 29.8 Å². The Kier molecular flexibility index (Phi) is 4.64. The van der Waals surface area contributed by atoms with Crippen molar-refractivity contribution in [1.82, 2.24) is 0 Å². The molecule has 0 aliphatic rings. The summed E-state index contributed by atoms with van der Waals surface area (Å²) in [6.45, 7) is 2.82. The first kappa shape index (κ1) is 12.2. The van der Waals surface area contributed by atoms with Gasteiger partial charge in [-0.25, -0.2) is 0 Å². The smallest absolute Gasteiger partial charge is 0.0667 e. The van der Waals surface area contributed by atoms with Gasteiger partial charge in [-0.3, -0.25) is 9.98 Å². The SMILES string of the molecule is CC(CN=Cc1cccs1)N=Cc1cccs1. The molecule has 2 rings (SSSR count). The van der Waals surface area contributed by atoms with Crippen LogP contribution >= 0.6 is 22.7 Å². The first-order chi connectivity index (χ1) is 8.34. The van der Waals surface area contributed by atoms with E-state index in [1.807, 2.05) is 24.6 Å². The molecule has 0 saturated carbocycles. The zero-order valence-electron chi connectivity index (χ0n) is 9.61. The van der Waals surface area contributed by atoms with E-state index < -0.39 is 0 Å². The maximum atomic E-state index is 4.46. The maximum absolute atomic E-state index is 4.46. The van der Waals surface area contributed by atoms with Gasteiger partial charge in [-0.15, -0.1) is 22.7 Å². The van der Waals surface area contributed by atoms with Crippen molar-refractivity contribution in [3.63, 3.8) is 0 Å². The van der Waals surface area contributed by atoms with E-state index in [0.29, 0.717) is 0 Å². The van der Waals surface area contributed by atoms with Crippen molar-refractivity contribution in [2.45, 2.75) is 13.0 Å². The van der Waals surface area contributed by atoms with E-state index in [0.717, 1.165) is 6.54 Å². The molecule has 4 heteroatoms. The number of thiophene rings is 2. The fourth-order valence-electron chi connectivity index (χ4n) is 1.27. The molecular weight excluding hydrogens is 248 g/mol. The summed E-state index contributed by atoms with van der Waals surface area (Å²) in [6.07, 6.45) is 3.85. The third-order valence-corrected chi connectivity index (χ3v) is 3.74. The fraction of sp³-hybridized carbons (Fsp3) is 0.231. The van der Waals surface area contributed by atoms with Gasteiger partial charge in [0, 0.05) is 22.2 Å². The maximum Gasteiger partial charge on any atom is 0.0667 e. The summed E-state index contributed by atoms with van der Waals surface area (Å²) >= 11 is 3.40. The zero-order chi connectivity index (χ0) is 11.9. The van der Waals surface area contributed by atoms with Crippen molar-refractivity contribution in [2.24, 2.45) is 9.98 Å². The summed E-state index contributed by atoms with van der Waals surface area (Å²) in [7, 11) is 0. The van der Waals surface area contributed by atoms with Gasteiger partial charge in [0.1, 0.15) is 0 Å². The van der Waals surface area contributed by atoms with Gasteiger partial charge < -0.3 is 0 Å². The van der Waals surface area contributed by atoms with Crippen LogP contribution in [0, 0.1) is 0 Å². The third kappa shape index (κ3) is 4.24. The lowest BCUT2D eigenvalue weighted by molar-refractivity contribution is 0.762. The van der Waals surface area contributed by atoms with Crippen LogP contribution in [0.4, 0.5) is 0 Å². The molecule has 0 saturated heterocycles. The second-order valence-electron chi connectivity index (χ2n) is 3.65. The van der Waals surface area contributed by atoms with E-state index in [9.17, 15) is 0 Å². The van der Waals surface area contributed by atoms with Crippen molar-refractivity contribution in [3.05, 3.63) is 44.8 Å². The molecule has 0 amide bonds. The Hall–Kier alpha value is -1.26. The predicted octanol–water partition coefficient (Wildman–Crippen LogP) is 3.74. The molecule has 88 valence electrons. The highest BCUT2D eigenvalue weighted by Gasteiger charge is 1.95. The molecule has 0 spiro atoms. The number of rotatable bonds is 5. The van der Waals surface area contributed by atoms with Gasteiger partial charge in [-0.2, -0.15) is 0 Å². The van der Waals surface area contributed by atoms with E-state index >= 15 is 0 Å². The van der Waals surface area contributed by atoms with Crippen molar-refractivity contribution in [2.75, 3.05) is 6.54 Å². The summed E-state index contributed by atoms with van der Waals surface area (Å²) in [5, 5.41) is 4.11. The number of aliphatic imine (C=N–C) groups is 2. The van der Waals surface area contributed by atoms with Crippen LogP contribution in [-0.2, 0) is 0 Å². The molecule has 0 aliphatic heterocycles. The lowest BCUT2D eigenvalue weighted by atomic mass is 10.3. The van der Waals surface area contributed by atoms with Crippen molar-refractivity contribution in [3.8, 4) is 0 Å². The lowest BCUT2D eigenvalue weighted by Crippen LogP contribution is -2.03. The van der Waals surface area contributed by atoms with Crippen LogP contribution in [0.3, 0.4) is 0 Å². The van der Waals surface area contributed by atoms with Crippen LogP contribution < -0.4 is 0 Å². The van der Waals surface area contributed by atoms with Crippen molar-refractivity contribution in [1.29, 1.82) is 0 Å². The van der Waals surface area contributed by atoms with E-state index in [2.05, 4.69) is 39.8 Å². The number of hydrogen-bond donors (Lipinski definition) is 0. The molecule has 0 fully saturated rings. The third-order valence-electron chi connectivity index (χ3n) is 2.13. The highest BCUT2D eigenvalue weighted by molar-refractivity contribution is 7.12. The molecule has 2 aromatic rings. The van der Waals surface area contributed by atoms with Gasteiger partial charge in [-0.1, -0.05) is 12.1 Å². The topological polar surface area (TPSA) is 24.7 Å². The highest BCUT2D eigenvalue weighted by Crippen LogP contribution is 2.06. The molecule has 1 unspecified atom stereocenters. The largest absolute Gasteiger partial charge is 0.289 e. The lowest BCUT2D eigenvalue weighted by Gasteiger charge is -1.99. The summed E-state index contributed by atoms with van der Waals surface area (Å²) in [5.74, 6) is 0. The van der Waals surface area contributed by atoms with E-state index in [4.69, 9.17) is 0 Å². The average molecular weight is 262 g/mol. The normalized spacial score (nSPS) is 13.7. The summed E-state index contributed by atoms with van der Waals surface area (Å²) in [6, 6.07) is 8.42. The zero-order valence-corrected chi connectivity index (χ0v) is 11.2. The summed E-state index contributed by atoms with van der Waals surface area (Å²) < 4.78 is 0. The molecule has 2 nitrogen and oxygen atoms in total. The molecule has 0 N–H and O–H groups in total. The van der Waals surface area contributed by atoms with Crippen molar-refractivity contribution < 1.29 is 0 Å². The standard InChI is InChI=1S/C13H14N2S2/c1-11(15-10-13-5-3-7-17-13)8-14-9-12-4-2-6-16-12/h2-7,9-11H,8H2,1H3. The Morgan fingerprint density at radius 2 is 1.76 bits per heavy atom. The fourth-order valence-corrected chi connectivity index (χ4v) is 2.47. The van der Waals surface area contributed by atoms with E-state index in [-0.39, 0.29) is 6.04 Å². The second kappa shape index (κ2) is 6.47. The summed E-state index contributed by atoms with van der Waals surface area (Å²) in [4.78, 5) is 11.2. The Labute approximate surface area is 109 Å². The minimum atomic E-state index is 0.230. The molecule has 17 heavy (non-hydrogen) atoms. The highest BCUT2D eigenvalue weighted by atomic mass is 32.1. The first-order valence-electron chi connectivity index (χ1n) is 5.44. The van der Waals surface area contributed by atoms with Crippen LogP contribution in [0.1, 0.15) is 16.7 Å². The Morgan fingerprint density at radius 1 is 1.12 bits per heavy atom. The molecular formula is C13H14N2S2. The molecule has 2 aromatic heterocycles. The van der Waals surface area contributed by atoms with Crippen LogP contribution in [0.15, 0.2) is 45.0 Å². The molecule has 2 heterocycles. The van der Waals surface area contributed by atoms with Gasteiger partial charge in [0.15, 0.2) is 0 Å². The minimum Gasteiger partial charge on any atom is -0.289 e. The van der Waals surface area contributed by atoms with Crippen molar-refractivity contribution >= 4 is 35.1 Å². The van der Waals surface area contributed by atoms with E-state index in [1.54, 1.807) is 22.7 Å². The summed E-state index contributed by atoms with van der Waals surface area (Å²) in [5.41, 5.74) is 0. The van der Waals surface area contributed by atoms with Crippen LogP contribution in [-0.4, -0.2) is 25.0 Å². The predicted molar refractivity (Wildman–Crippen MR) is 78.2 cm³/mol. The second-order valence-corrected chi connectivity index (χ2v) is 5.61. The van der Waals surface area contributed by atoms with Crippen LogP contribution in [0.25, 0.3) is 0 Å². The average Bonchev–Trinajstić information content (AvgIpc) is 2.99. The van der Waals surface area contributed by atoms with Gasteiger partial charge in [0.2, 0.25) is 0 Å². The quantitative estimate of drug-likeness (QED) is 0.733. The Bertz CT molecular complexity index is 470. The Balaban J connectivity index is 1.79. The molecule has 0 bridgehead atoms. The van der Waals surface area contributed by atoms with Gasteiger partial charge in [0.25, 0.3) is 0 Å². The monoisotopic (exact) mass is 262 g/mol. The molecule has 0 aromatic carbocycles. The molecule has 0 radical (unpaired) electrons.